The Morgan fingerprint density at radius 3 is 2.33 bits per heavy atom. The van der Waals surface area contributed by atoms with E-state index in [1.165, 1.54) is 21.1 Å². The van der Waals surface area contributed by atoms with Crippen LogP contribution in [-0.4, -0.2) is 31.5 Å². The van der Waals surface area contributed by atoms with Gasteiger partial charge in [-0.15, -0.1) is 0 Å². The molecule has 0 aliphatic rings. The molecular weight excluding hydrogens is 366 g/mol. The highest BCUT2D eigenvalue weighted by molar-refractivity contribution is 7.80. The quantitative estimate of drug-likeness (QED) is 0.248. The van der Waals surface area contributed by atoms with Gasteiger partial charge in [0.15, 0.2) is 16.6 Å². The fraction of sp³-hybridized carbons (Fsp3) is 0.211. The van der Waals surface area contributed by atoms with Crippen molar-refractivity contribution in [1.29, 1.82) is 0 Å². The van der Waals surface area contributed by atoms with Gasteiger partial charge in [0, 0.05) is 19.0 Å². The van der Waals surface area contributed by atoms with Crippen LogP contribution in [-0.2, 0) is 11.3 Å². The maximum Gasteiger partial charge on any atom is 0.308 e. The molecule has 0 saturated carbocycles. The van der Waals surface area contributed by atoms with Crippen molar-refractivity contribution in [3.8, 4) is 17.2 Å². The molecular formula is C19H21N3O4S. The minimum Gasteiger partial charge on any atom is -0.493 e. The Kier molecular flexibility index (Phi) is 7.57. The number of methoxy groups -OCH3 is 2. The molecule has 0 aliphatic carbocycles. The van der Waals surface area contributed by atoms with Crippen LogP contribution < -0.4 is 25.0 Å². The number of thiocarbonyl (C=S) groups is 1. The first-order valence-corrected chi connectivity index (χ1v) is 8.49. The van der Waals surface area contributed by atoms with Gasteiger partial charge in [0.1, 0.15) is 0 Å². The molecule has 0 bridgehead atoms. The zero-order chi connectivity index (χ0) is 19.6. The minimum absolute atomic E-state index is 0.220. The summed E-state index contributed by atoms with van der Waals surface area (Å²) < 4.78 is 15.7. The average molecular weight is 387 g/mol. The summed E-state index contributed by atoms with van der Waals surface area (Å²) in [5.41, 5.74) is 4.54. The van der Waals surface area contributed by atoms with Crippen LogP contribution >= 0.6 is 12.2 Å². The number of ether oxygens (including phenoxy) is 3. The molecule has 0 amide bonds. The van der Waals surface area contributed by atoms with Gasteiger partial charge in [-0.1, -0.05) is 30.3 Å². The molecule has 0 aliphatic heterocycles. The first-order valence-electron chi connectivity index (χ1n) is 8.08. The first-order chi connectivity index (χ1) is 13.0. The molecule has 7 nitrogen and oxygen atoms in total. The Balaban J connectivity index is 2.01. The number of hydrogen-bond donors (Lipinski definition) is 2. The number of nitrogens with one attached hydrogen (secondary N) is 2. The van der Waals surface area contributed by atoms with Gasteiger partial charge in [-0.2, -0.15) is 5.10 Å². The molecule has 0 atom stereocenters. The highest BCUT2D eigenvalue weighted by atomic mass is 32.1. The molecule has 2 aromatic rings. The molecule has 0 saturated heterocycles. The lowest BCUT2D eigenvalue weighted by Crippen LogP contribution is -2.31. The van der Waals surface area contributed by atoms with Crippen molar-refractivity contribution in [2.75, 3.05) is 14.2 Å². The Morgan fingerprint density at radius 2 is 1.78 bits per heavy atom. The molecule has 0 radical (unpaired) electrons. The molecule has 0 spiro atoms. The third-order valence-corrected chi connectivity index (χ3v) is 3.64. The summed E-state index contributed by atoms with van der Waals surface area (Å²) in [6.45, 7) is 1.91. The van der Waals surface area contributed by atoms with Crippen molar-refractivity contribution in [2.45, 2.75) is 13.5 Å². The van der Waals surface area contributed by atoms with Crippen LogP contribution in [0.5, 0.6) is 17.2 Å². The summed E-state index contributed by atoms with van der Waals surface area (Å²) in [5.74, 6) is 0.466. The second kappa shape index (κ2) is 10.1. The number of rotatable bonds is 7. The summed E-state index contributed by atoms with van der Waals surface area (Å²) in [7, 11) is 2.95. The van der Waals surface area contributed by atoms with E-state index < -0.39 is 5.97 Å². The van der Waals surface area contributed by atoms with Crippen LogP contribution in [0.1, 0.15) is 18.1 Å². The monoisotopic (exact) mass is 387 g/mol. The van der Waals surface area contributed by atoms with Crippen LogP contribution in [0.25, 0.3) is 0 Å². The van der Waals surface area contributed by atoms with Crippen molar-refractivity contribution >= 4 is 29.5 Å². The number of carbonyl (C=O) groups excluding carboxylic acids is 1. The van der Waals surface area contributed by atoms with Gasteiger partial charge in [0.25, 0.3) is 0 Å². The molecule has 0 aromatic heterocycles. The Morgan fingerprint density at radius 1 is 1.15 bits per heavy atom. The summed E-state index contributed by atoms with van der Waals surface area (Å²) in [4.78, 5) is 11.3. The Bertz CT molecular complexity index is 800. The van der Waals surface area contributed by atoms with E-state index in [-0.39, 0.29) is 5.75 Å². The number of carbonyl (C=O) groups is 1. The topological polar surface area (TPSA) is 81.2 Å². The van der Waals surface area contributed by atoms with Gasteiger partial charge in [-0.3, -0.25) is 10.2 Å². The third-order valence-electron chi connectivity index (χ3n) is 3.40. The molecule has 27 heavy (non-hydrogen) atoms. The van der Waals surface area contributed by atoms with Gasteiger partial charge >= 0.3 is 5.97 Å². The van der Waals surface area contributed by atoms with E-state index in [1.807, 2.05) is 30.3 Å². The lowest BCUT2D eigenvalue weighted by Gasteiger charge is -2.13. The van der Waals surface area contributed by atoms with E-state index in [0.717, 1.165) is 5.56 Å². The zero-order valence-corrected chi connectivity index (χ0v) is 16.1. The maximum absolute atomic E-state index is 11.3. The Hall–Kier alpha value is -3.13. The number of hydrogen-bond acceptors (Lipinski definition) is 6. The highest BCUT2D eigenvalue weighted by Gasteiger charge is 2.15. The van der Waals surface area contributed by atoms with E-state index in [4.69, 9.17) is 26.4 Å². The van der Waals surface area contributed by atoms with E-state index in [9.17, 15) is 4.79 Å². The maximum atomic E-state index is 11.3. The Labute approximate surface area is 163 Å². The normalized spacial score (nSPS) is 10.3. The number of benzene rings is 2. The molecule has 2 N–H and O–H groups in total. The SMILES string of the molecule is COc1cc(/C=N\NC(=S)NCc2ccccc2)cc(OC)c1OC(C)=O. The van der Waals surface area contributed by atoms with Crippen LogP contribution in [0.4, 0.5) is 0 Å². The zero-order valence-electron chi connectivity index (χ0n) is 15.3. The van der Waals surface area contributed by atoms with Crippen molar-refractivity contribution in [2.24, 2.45) is 5.10 Å². The fourth-order valence-corrected chi connectivity index (χ4v) is 2.33. The summed E-state index contributed by atoms with van der Waals surface area (Å²) in [6.07, 6.45) is 1.55. The molecule has 2 aromatic carbocycles. The van der Waals surface area contributed by atoms with Crippen molar-refractivity contribution in [3.05, 3.63) is 53.6 Å². The number of esters is 1. The smallest absolute Gasteiger partial charge is 0.308 e. The van der Waals surface area contributed by atoms with Crippen molar-refractivity contribution in [1.82, 2.24) is 10.7 Å². The summed E-state index contributed by atoms with van der Waals surface area (Å²) in [6, 6.07) is 13.2. The van der Waals surface area contributed by atoms with Crippen molar-refractivity contribution in [3.63, 3.8) is 0 Å². The fourth-order valence-electron chi connectivity index (χ4n) is 2.20. The second-order valence-electron chi connectivity index (χ2n) is 5.39. The predicted molar refractivity (Wildman–Crippen MR) is 107 cm³/mol. The lowest BCUT2D eigenvalue weighted by molar-refractivity contribution is -0.132. The van der Waals surface area contributed by atoms with E-state index >= 15 is 0 Å². The predicted octanol–water partition coefficient (Wildman–Crippen LogP) is 2.63. The molecule has 0 fully saturated rings. The molecule has 0 heterocycles. The van der Waals surface area contributed by atoms with Crippen LogP contribution in [0, 0.1) is 0 Å². The van der Waals surface area contributed by atoms with Crippen LogP contribution in [0.3, 0.4) is 0 Å². The van der Waals surface area contributed by atoms with Gasteiger partial charge in [0.2, 0.25) is 5.75 Å². The van der Waals surface area contributed by atoms with Crippen LogP contribution in [0.2, 0.25) is 0 Å². The molecule has 142 valence electrons. The van der Waals surface area contributed by atoms with Crippen molar-refractivity contribution < 1.29 is 19.0 Å². The highest BCUT2D eigenvalue weighted by Crippen LogP contribution is 2.38. The third kappa shape index (κ3) is 6.27. The van der Waals surface area contributed by atoms with Gasteiger partial charge in [0.05, 0.1) is 20.4 Å². The number of hydrazone groups is 1. The number of nitrogens with zero attached hydrogens (tertiary/aromatic N) is 1. The summed E-state index contributed by atoms with van der Waals surface area (Å²) >= 11 is 5.19. The average Bonchev–Trinajstić information content (AvgIpc) is 2.67. The van der Waals surface area contributed by atoms with E-state index in [2.05, 4.69) is 15.8 Å². The van der Waals surface area contributed by atoms with Gasteiger partial charge < -0.3 is 19.5 Å². The van der Waals surface area contributed by atoms with Crippen LogP contribution in [0.15, 0.2) is 47.6 Å². The standard InChI is InChI=1S/C19H21N3O4S/c1-13(23)26-18-16(24-2)9-15(10-17(18)25-3)12-21-22-19(27)20-11-14-7-5-4-6-8-14/h4-10,12H,11H2,1-3H3,(H2,20,22,27)/b21-12-. The van der Waals surface area contributed by atoms with Gasteiger partial charge in [-0.25, -0.2) is 0 Å². The minimum atomic E-state index is -0.468. The van der Waals surface area contributed by atoms with Gasteiger partial charge in [-0.05, 0) is 29.9 Å². The molecule has 8 heteroatoms. The first kappa shape index (κ1) is 20.2. The lowest BCUT2D eigenvalue weighted by atomic mass is 10.2. The largest absolute Gasteiger partial charge is 0.493 e. The summed E-state index contributed by atoms with van der Waals surface area (Å²) in [5, 5.41) is 7.55. The molecule has 2 rings (SSSR count). The van der Waals surface area contributed by atoms with E-state index in [1.54, 1.807) is 18.3 Å². The van der Waals surface area contributed by atoms with E-state index in [0.29, 0.717) is 28.7 Å². The molecule has 0 unspecified atom stereocenters. The second-order valence-corrected chi connectivity index (χ2v) is 5.79.